The number of ether oxygens (including phenoxy) is 2. The Labute approximate surface area is 135 Å². The van der Waals surface area contributed by atoms with Crippen LogP contribution in [0.25, 0.3) is 6.08 Å². The van der Waals surface area contributed by atoms with Gasteiger partial charge in [-0.15, -0.1) is 0 Å². The highest BCUT2D eigenvalue weighted by Crippen LogP contribution is 2.31. The number of anilines is 1. The molecule has 0 spiro atoms. The number of rotatable bonds is 6. The summed E-state index contributed by atoms with van der Waals surface area (Å²) >= 11 is 0. The Bertz CT molecular complexity index is 621. The van der Waals surface area contributed by atoms with Crippen molar-refractivity contribution in [2.75, 3.05) is 19.0 Å². The maximum absolute atomic E-state index is 12.2. The van der Waals surface area contributed by atoms with Gasteiger partial charge < -0.3 is 20.5 Å². The first-order valence-electron chi connectivity index (χ1n) is 7.62. The lowest BCUT2D eigenvalue weighted by molar-refractivity contribution is -0.134. The molecule has 0 radical (unpaired) electrons. The minimum atomic E-state index is -0.755. The Balaban J connectivity index is 2.16. The Morgan fingerprint density at radius 1 is 1.39 bits per heavy atom. The largest absolute Gasteiger partial charge is 0.493 e. The zero-order valence-electron chi connectivity index (χ0n) is 13.4. The van der Waals surface area contributed by atoms with Crippen molar-refractivity contribution in [1.29, 1.82) is 0 Å². The normalized spacial score (nSPS) is 15.8. The van der Waals surface area contributed by atoms with Crippen LogP contribution in [0.15, 0.2) is 24.3 Å². The van der Waals surface area contributed by atoms with Gasteiger partial charge in [0.2, 0.25) is 5.91 Å². The van der Waals surface area contributed by atoms with Gasteiger partial charge in [-0.25, -0.2) is 4.79 Å². The van der Waals surface area contributed by atoms with Gasteiger partial charge in [0.1, 0.15) is 5.75 Å². The number of amides is 1. The number of benzene rings is 1. The van der Waals surface area contributed by atoms with Crippen molar-refractivity contribution in [3.63, 3.8) is 0 Å². The lowest BCUT2D eigenvalue weighted by Crippen LogP contribution is -2.56. The highest BCUT2D eigenvalue weighted by Gasteiger charge is 2.40. The third kappa shape index (κ3) is 4.10. The summed E-state index contributed by atoms with van der Waals surface area (Å²) < 4.78 is 10.1. The number of nitrogens with two attached hydrogens (primary N) is 1. The number of carbonyl (C=O) groups excluding carboxylic acids is 2. The Kier molecular flexibility index (Phi) is 5.39. The second kappa shape index (κ2) is 7.28. The Morgan fingerprint density at radius 3 is 2.70 bits per heavy atom. The second-order valence-corrected chi connectivity index (χ2v) is 5.51. The molecule has 1 aliphatic carbocycles. The maximum Gasteiger partial charge on any atom is 0.330 e. The molecule has 1 aromatic carbocycles. The van der Waals surface area contributed by atoms with Crippen molar-refractivity contribution in [2.45, 2.75) is 31.7 Å². The summed E-state index contributed by atoms with van der Waals surface area (Å²) in [5.41, 5.74) is 6.60. The smallest absolute Gasteiger partial charge is 0.330 e. The van der Waals surface area contributed by atoms with Crippen LogP contribution in [0.4, 0.5) is 5.69 Å². The molecule has 124 valence electrons. The fourth-order valence-corrected chi connectivity index (χ4v) is 2.30. The molecule has 3 N–H and O–H groups in total. The van der Waals surface area contributed by atoms with Crippen LogP contribution in [0, 0.1) is 0 Å². The van der Waals surface area contributed by atoms with E-state index in [1.54, 1.807) is 24.3 Å². The van der Waals surface area contributed by atoms with Crippen LogP contribution < -0.4 is 15.8 Å². The molecule has 2 rings (SSSR count). The molecule has 6 nitrogen and oxygen atoms in total. The van der Waals surface area contributed by atoms with E-state index in [0.717, 1.165) is 12.0 Å². The molecular weight excluding hydrogens is 296 g/mol. The van der Waals surface area contributed by atoms with Crippen molar-refractivity contribution < 1.29 is 19.1 Å². The topological polar surface area (TPSA) is 90.6 Å². The Hall–Kier alpha value is -2.34. The zero-order valence-corrected chi connectivity index (χ0v) is 13.4. The van der Waals surface area contributed by atoms with Gasteiger partial charge in [-0.2, -0.15) is 0 Å². The van der Waals surface area contributed by atoms with Crippen molar-refractivity contribution in [1.82, 2.24) is 0 Å². The molecule has 0 unspecified atom stereocenters. The summed E-state index contributed by atoms with van der Waals surface area (Å²) in [5, 5.41) is 2.83. The summed E-state index contributed by atoms with van der Waals surface area (Å²) in [6.45, 7) is 2.33. The van der Waals surface area contributed by atoms with Gasteiger partial charge in [0, 0.05) is 23.4 Å². The van der Waals surface area contributed by atoms with Crippen LogP contribution in [0.5, 0.6) is 5.75 Å². The molecule has 0 bridgehead atoms. The molecule has 1 saturated carbocycles. The van der Waals surface area contributed by atoms with E-state index >= 15 is 0 Å². The molecule has 1 aromatic rings. The highest BCUT2D eigenvalue weighted by atomic mass is 16.5. The van der Waals surface area contributed by atoms with Crippen molar-refractivity contribution in [3.8, 4) is 5.75 Å². The molecule has 1 fully saturated rings. The number of esters is 1. The van der Waals surface area contributed by atoms with Crippen molar-refractivity contribution in [3.05, 3.63) is 29.8 Å². The first-order chi connectivity index (χ1) is 11.0. The highest BCUT2D eigenvalue weighted by molar-refractivity contribution is 5.99. The van der Waals surface area contributed by atoms with Crippen LogP contribution in [0.3, 0.4) is 0 Å². The van der Waals surface area contributed by atoms with Crippen molar-refractivity contribution >= 4 is 23.6 Å². The first-order valence-corrected chi connectivity index (χ1v) is 7.62. The summed E-state index contributed by atoms with van der Waals surface area (Å²) in [7, 11) is 1.32. The van der Waals surface area contributed by atoms with Gasteiger partial charge in [0.15, 0.2) is 0 Å². The van der Waals surface area contributed by atoms with Crippen molar-refractivity contribution in [2.24, 2.45) is 5.73 Å². The monoisotopic (exact) mass is 318 g/mol. The van der Waals surface area contributed by atoms with Crippen LogP contribution in [0.1, 0.15) is 31.7 Å². The van der Waals surface area contributed by atoms with E-state index in [-0.39, 0.29) is 5.91 Å². The minimum Gasteiger partial charge on any atom is -0.493 e. The molecular formula is C17H22N2O4. The number of hydrogen-bond donors (Lipinski definition) is 2. The van der Waals surface area contributed by atoms with E-state index in [2.05, 4.69) is 10.1 Å². The fourth-order valence-electron chi connectivity index (χ4n) is 2.30. The SMILES string of the molecule is CCOc1cc(NC(=O)C2(N)CCC2)ccc1/C=C/C(=O)OC. The van der Waals surface area contributed by atoms with E-state index < -0.39 is 11.5 Å². The quantitative estimate of drug-likeness (QED) is 0.619. The van der Waals surface area contributed by atoms with E-state index in [1.165, 1.54) is 13.2 Å². The molecule has 0 atom stereocenters. The van der Waals surface area contributed by atoms with E-state index in [0.29, 0.717) is 30.9 Å². The molecule has 23 heavy (non-hydrogen) atoms. The van der Waals surface area contributed by atoms with Gasteiger partial charge in [0.05, 0.1) is 19.3 Å². The number of hydrogen-bond acceptors (Lipinski definition) is 5. The van der Waals surface area contributed by atoms with Crippen LogP contribution in [0.2, 0.25) is 0 Å². The number of carbonyl (C=O) groups is 2. The molecule has 0 saturated heterocycles. The molecule has 6 heteroatoms. The van der Waals surface area contributed by atoms with Gasteiger partial charge in [0.25, 0.3) is 0 Å². The number of nitrogens with one attached hydrogen (secondary N) is 1. The second-order valence-electron chi connectivity index (χ2n) is 5.51. The van der Waals surface area contributed by atoms with Crippen LogP contribution >= 0.6 is 0 Å². The summed E-state index contributed by atoms with van der Waals surface area (Å²) in [4.78, 5) is 23.4. The molecule has 0 heterocycles. The summed E-state index contributed by atoms with van der Waals surface area (Å²) in [5.74, 6) is -0.0472. The van der Waals surface area contributed by atoms with Gasteiger partial charge in [-0.05, 0) is 44.4 Å². The zero-order chi connectivity index (χ0) is 16.9. The van der Waals surface area contributed by atoms with Crippen LogP contribution in [-0.2, 0) is 14.3 Å². The third-order valence-corrected chi connectivity index (χ3v) is 3.87. The molecule has 1 amide bonds. The third-order valence-electron chi connectivity index (χ3n) is 3.87. The minimum absolute atomic E-state index is 0.177. The summed E-state index contributed by atoms with van der Waals surface area (Å²) in [6, 6.07) is 5.24. The van der Waals surface area contributed by atoms with Gasteiger partial charge in [-0.1, -0.05) is 0 Å². The standard InChI is InChI=1S/C17H22N2O4/c1-3-23-14-11-13(19-16(21)17(18)9-4-10-17)7-5-12(14)6-8-15(20)22-2/h5-8,11H,3-4,9-10,18H2,1-2H3,(H,19,21)/b8-6+. The summed E-state index contributed by atoms with van der Waals surface area (Å²) in [6.07, 6.45) is 5.32. The first kappa shape index (κ1) is 17.0. The average molecular weight is 318 g/mol. The molecule has 0 aliphatic heterocycles. The predicted octanol–water partition coefficient (Wildman–Crippen LogP) is 2.09. The number of methoxy groups -OCH3 is 1. The van der Waals surface area contributed by atoms with E-state index in [1.807, 2.05) is 6.92 Å². The lowest BCUT2D eigenvalue weighted by atomic mass is 9.77. The van der Waals surface area contributed by atoms with E-state index in [4.69, 9.17) is 10.5 Å². The Morgan fingerprint density at radius 2 is 2.13 bits per heavy atom. The van der Waals surface area contributed by atoms with Gasteiger partial charge in [-0.3, -0.25) is 4.79 Å². The van der Waals surface area contributed by atoms with E-state index in [9.17, 15) is 9.59 Å². The lowest BCUT2D eigenvalue weighted by Gasteiger charge is -2.36. The predicted molar refractivity (Wildman–Crippen MR) is 88.1 cm³/mol. The molecule has 0 aromatic heterocycles. The van der Waals surface area contributed by atoms with Gasteiger partial charge >= 0.3 is 5.97 Å². The average Bonchev–Trinajstić information content (AvgIpc) is 2.51. The van der Waals surface area contributed by atoms with Crippen LogP contribution in [-0.4, -0.2) is 31.1 Å². The fraction of sp³-hybridized carbons (Fsp3) is 0.412. The molecule has 1 aliphatic rings. The maximum atomic E-state index is 12.2.